The zero-order valence-corrected chi connectivity index (χ0v) is 25.4. The van der Waals surface area contributed by atoms with Gasteiger partial charge in [0.15, 0.2) is 0 Å². The van der Waals surface area contributed by atoms with Crippen molar-refractivity contribution in [1.29, 1.82) is 0 Å². The third-order valence-electron chi connectivity index (χ3n) is 6.88. The summed E-state index contributed by atoms with van der Waals surface area (Å²) in [7, 11) is 0. The number of anilines is 1. The number of carbonyl (C=O) groups is 3. The van der Waals surface area contributed by atoms with Crippen LogP contribution in [0.4, 0.5) is 5.82 Å². The van der Waals surface area contributed by atoms with Crippen molar-refractivity contribution in [2.24, 2.45) is 5.92 Å². The Morgan fingerprint density at radius 1 is 1.08 bits per heavy atom. The highest BCUT2D eigenvalue weighted by atomic mass is 32.1. The van der Waals surface area contributed by atoms with Crippen LogP contribution in [0.3, 0.4) is 0 Å². The van der Waals surface area contributed by atoms with Crippen LogP contribution in [0.5, 0.6) is 5.88 Å². The van der Waals surface area contributed by atoms with Gasteiger partial charge in [-0.05, 0) is 40.5 Å². The Bertz CT molecular complexity index is 929. The first-order valence-electron chi connectivity index (χ1n) is 13.9. The zero-order valence-electron chi connectivity index (χ0n) is 24.5. The summed E-state index contributed by atoms with van der Waals surface area (Å²) in [5.74, 6) is -0.109. The normalized spacial score (nSPS) is 17.2. The second-order valence-electron chi connectivity index (χ2n) is 11.1. The van der Waals surface area contributed by atoms with E-state index in [2.05, 4.69) is 19.0 Å². The number of ketones is 1. The second kappa shape index (κ2) is 15.5. The summed E-state index contributed by atoms with van der Waals surface area (Å²) in [5, 5.41) is 3.35. The van der Waals surface area contributed by atoms with Crippen LogP contribution in [0.1, 0.15) is 80.6 Å². The van der Waals surface area contributed by atoms with Gasteiger partial charge in [0.2, 0.25) is 5.82 Å². The van der Waals surface area contributed by atoms with Gasteiger partial charge in [-0.2, -0.15) is 4.37 Å². The van der Waals surface area contributed by atoms with Crippen LogP contribution >= 0.6 is 11.7 Å². The molecule has 1 fully saturated rings. The summed E-state index contributed by atoms with van der Waals surface area (Å²) in [6, 6.07) is 0. The van der Waals surface area contributed by atoms with E-state index in [9.17, 15) is 14.4 Å². The number of esters is 2. The van der Waals surface area contributed by atoms with Crippen LogP contribution in [0.2, 0.25) is 0 Å². The summed E-state index contributed by atoms with van der Waals surface area (Å²) in [6.45, 7) is 16.5. The number of hydrogen-bond acceptors (Lipinski definition) is 12. The molecule has 1 saturated heterocycles. The highest BCUT2D eigenvalue weighted by Crippen LogP contribution is 2.28. The lowest BCUT2D eigenvalue weighted by atomic mass is 9.84. The molecule has 39 heavy (non-hydrogen) atoms. The fraction of sp³-hybridized carbons (Fsp3) is 0.815. The average Bonchev–Trinajstić information content (AvgIpc) is 3.37. The number of nitrogens with zero attached hydrogens (tertiary/aromatic N) is 3. The summed E-state index contributed by atoms with van der Waals surface area (Å²) in [6.07, 6.45) is 0.759. The lowest BCUT2D eigenvalue weighted by Gasteiger charge is -2.33. The van der Waals surface area contributed by atoms with Gasteiger partial charge in [0.1, 0.15) is 24.1 Å². The number of rotatable bonds is 16. The van der Waals surface area contributed by atoms with Gasteiger partial charge >= 0.3 is 11.9 Å². The maximum atomic E-state index is 12.7. The molecule has 2 unspecified atom stereocenters. The number of carbonyl (C=O) groups excluding carboxylic acids is 3. The van der Waals surface area contributed by atoms with Crippen molar-refractivity contribution < 1.29 is 33.3 Å². The third-order valence-corrected chi connectivity index (χ3v) is 7.38. The number of ether oxygens (including phenoxy) is 4. The molecule has 1 N–H and O–H groups in total. The van der Waals surface area contributed by atoms with Crippen LogP contribution in [-0.2, 0) is 28.6 Å². The van der Waals surface area contributed by atoms with Crippen LogP contribution in [0, 0.1) is 5.92 Å². The Morgan fingerprint density at radius 2 is 1.74 bits per heavy atom. The molecule has 2 rings (SSSR count). The predicted octanol–water partition coefficient (Wildman–Crippen LogP) is 3.55. The lowest BCUT2D eigenvalue weighted by molar-refractivity contribution is -0.166. The predicted molar refractivity (Wildman–Crippen MR) is 149 cm³/mol. The van der Waals surface area contributed by atoms with E-state index in [4.69, 9.17) is 18.9 Å². The summed E-state index contributed by atoms with van der Waals surface area (Å²) in [4.78, 5) is 39.4. The molecule has 0 spiro atoms. The lowest BCUT2D eigenvalue weighted by Crippen LogP contribution is -2.44. The third kappa shape index (κ3) is 11.0. The first-order valence-corrected chi connectivity index (χ1v) is 14.6. The van der Waals surface area contributed by atoms with E-state index in [1.165, 1.54) is 0 Å². The SMILES string of the molecule is CCC(=O)C(C)C(C)(CC)OC(=O)CCCC(=O)O[C@@H](CNC(C)(C)C)COc1nsnc1N1CCOCC1. The summed E-state index contributed by atoms with van der Waals surface area (Å²) < 4.78 is 31.4. The van der Waals surface area contributed by atoms with E-state index in [1.807, 2.05) is 27.7 Å². The van der Waals surface area contributed by atoms with E-state index in [-0.39, 0.29) is 37.2 Å². The number of hydrogen-bond donors (Lipinski definition) is 1. The Balaban J connectivity index is 1.89. The molecule has 12 heteroatoms. The fourth-order valence-electron chi connectivity index (χ4n) is 4.01. The fourth-order valence-corrected chi connectivity index (χ4v) is 4.53. The Kier molecular flexibility index (Phi) is 13.1. The molecule has 0 bridgehead atoms. The Labute approximate surface area is 236 Å². The van der Waals surface area contributed by atoms with Crippen molar-refractivity contribution in [3.63, 3.8) is 0 Å². The molecule has 1 aromatic heterocycles. The standard InChI is InChI=1S/C27H46N4O7S/c1-8-21(32)19(3)27(7,9-2)38-23(34)12-10-11-22(33)37-20(17-28-26(4,5)6)18-36-25-24(29-39-30-25)31-13-15-35-16-14-31/h19-20,28H,8-18H2,1-7H3/t19?,20-,27?/m0/s1. The van der Waals surface area contributed by atoms with E-state index >= 15 is 0 Å². The number of morpholine rings is 1. The minimum Gasteiger partial charge on any atom is -0.470 e. The molecule has 0 aromatic carbocycles. The monoisotopic (exact) mass is 570 g/mol. The number of nitrogens with one attached hydrogen (secondary N) is 1. The first kappa shape index (κ1) is 32.9. The molecule has 2 heterocycles. The minimum absolute atomic E-state index is 0.0540. The van der Waals surface area contributed by atoms with Gasteiger partial charge in [-0.1, -0.05) is 20.8 Å². The van der Waals surface area contributed by atoms with Crippen LogP contribution in [0.25, 0.3) is 0 Å². The van der Waals surface area contributed by atoms with Gasteiger partial charge < -0.3 is 29.2 Å². The molecule has 222 valence electrons. The molecule has 1 aliphatic heterocycles. The van der Waals surface area contributed by atoms with Gasteiger partial charge in [0, 0.05) is 44.4 Å². The van der Waals surface area contributed by atoms with Crippen molar-refractivity contribution >= 4 is 35.3 Å². The molecule has 0 aliphatic carbocycles. The van der Waals surface area contributed by atoms with E-state index in [0.717, 1.165) is 11.7 Å². The smallest absolute Gasteiger partial charge is 0.306 e. The van der Waals surface area contributed by atoms with Crippen LogP contribution in [0.15, 0.2) is 0 Å². The van der Waals surface area contributed by atoms with E-state index in [1.54, 1.807) is 20.8 Å². The van der Waals surface area contributed by atoms with E-state index in [0.29, 0.717) is 57.4 Å². The zero-order chi connectivity index (χ0) is 29.1. The highest BCUT2D eigenvalue weighted by molar-refractivity contribution is 6.99. The molecule has 11 nitrogen and oxygen atoms in total. The maximum Gasteiger partial charge on any atom is 0.306 e. The Hall–Kier alpha value is -2.31. The average molecular weight is 571 g/mol. The van der Waals surface area contributed by atoms with Crippen molar-refractivity contribution in [1.82, 2.24) is 14.1 Å². The highest BCUT2D eigenvalue weighted by Gasteiger charge is 2.37. The summed E-state index contributed by atoms with van der Waals surface area (Å²) >= 11 is 1.07. The Morgan fingerprint density at radius 3 is 2.36 bits per heavy atom. The first-order chi connectivity index (χ1) is 18.4. The number of aromatic nitrogens is 2. The minimum atomic E-state index is -0.865. The van der Waals surface area contributed by atoms with Crippen molar-refractivity contribution in [3.05, 3.63) is 0 Å². The molecular formula is C27H46N4O7S. The largest absolute Gasteiger partial charge is 0.470 e. The van der Waals surface area contributed by atoms with Crippen LogP contribution in [-0.4, -0.2) is 83.2 Å². The van der Waals surface area contributed by atoms with Gasteiger partial charge in [0.25, 0.3) is 5.88 Å². The van der Waals surface area contributed by atoms with Gasteiger partial charge in [0.05, 0.1) is 30.9 Å². The molecule has 1 aliphatic rings. The van der Waals surface area contributed by atoms with E-state index < -0.39 is 29.6 Å². The molecule has 0 radical (unpaired) electrons. The molecule has 0 amide bonds. The maximum absolute atomic E-state index is 12.7. The quantitative estimate of drug-likeness (QED) is 0.293. The van der Waals surface area contributed by atoms with Gasteiger partial charge in [-0.3, -0.25) is 14.4 Å². The van der Waals surface area contributed by atoms with Crippen LogP contribution < -0.4 is 15.0 Å². The van der Waals surface area contributed by atoms with Crippen molar-refractivity contribution in [3.8, 4) is 5.88 Å². The van der Waals surface area contributed by atoms with Gasteiger partial charge in [-0.15, -0.1) is 4.37 Å². The topological polar surface area (TPSA) is 129 Å². The summed E-state index contributed by atoms with van der Waals surface area (Å²) in [5.41, 5.74) is -1.05. The van der Waals surface area contributed by atoms with Crippen molar-refractivity contribution in [2.45, 2.75) is 97.8 Å². The number of Topliss-reactive ketones (excluding diaryl/α,β-unsaturated/α-hetero) is 1. The molecule has 0 saturated carbocycles. The molecule has 3 atom stereocenters. The van der Waals surface area contributed by atoms with Gasteiger partial charge in [-0.25, -0.2) is 0 Å². The second-order valence-corrected chi connectivity index (χ2v) is 11.6. The van der Waals surface area contributed by atoms with Crippen molar-refractivity contribution in [2.75, 3.05) is 44.4 Å². The molecular weight excluding hydrogens is 524 g/mol. The molecule has 1 aromatic rings.